The minimum atomic E-state index is -0.580. The van der Waals surface area contributed by atoms with Gasteiger partial charge in [0.25, 0.3) is 0 Å². The largest absolute Gasteiger partial charge is 0.174 e. The van der Waals surface area contributed by atoms with E-state index in [1.54, 1.807) is 0 Å². The molecular weight excluding hydrogens is 252 g/mol. The van der Waals surface area contributed by atoms with Crippen LogP contribution in [-0.4, -0.2) is 8.83 Å². The van der Waals surface area contributed by atoms with Crippen LogP contribution in [0.2, 0.25) is 0 Å². The number of benzene rings is 1. The number of hydrogen-bond acceptors (Lipinski definition) is 0. The van der Waals surface area contributed by atoms with E-state index >= 15 is 0 Å². The van der Waals surface area contributed by atoms with Crippen molar-refractivity contribution in [2.75, 3.05) is 0 Å². The topological polar surface area (TPSA) is 0 Å². The third kappa shape index (κ3) is 2.35. The van der Waals surface area contributed by atoms with Crippen molar-refractivity contribution in [2.45, 2.75) is 17.8 Å². The fraction of sp³-hybridized carbons (Fsp3) is 0.333. The van der Waals surface area contributed by atoms with Gasteiger partial charge in [0.05, 0.1) is 3.95 Å². The first-order valence-electron chi connectivity index (χ1n) is 3.88. The Bertz CT molecular complexity index is 256. The van der Waals surface area contributed by atoms with Crippen molar-refractivity contribution >= 4 is 35.8 Å². The first-order valence-corrected chi connectivity index (χ1v) is 7.52. The Morgan fingerprint density at radius 3 is 2.25 bits per heavy atom. The number of aryl methyl sites for hydroxylation is 1. The SMILES string of the molecule is Cc1ccc(C(C)(Br)[SiH2]Cl)cc1. The summed E-state index contributed by atoms with van der Waals surface area (Å²) in [5, 5.41) is 0. The van der Waals surface area contributed by atoms with Crippen molar-refractivity contribution in [1.29, 1.82) is 0 Å². The smallest absolute Gasteiger partial charge is 0.147 e. The van der Waals surface area contributed by atoms with Crippen molar-refractivity contribution in [3.63, 3.8) is 0 Å². The van der Waals surface area contributed by atoms with Crippen molar-refractivity contribution in [3.8, 4) is 0 Å². The minimum absolute atomic E-state index is 0.0439. The van der Waals surface area contributed by atoms with Gasteiger partial charge >= 0.3 is 0 Å². The molecule has 3 heteroatoms. The van der Waals surface area contributed by atoms with E-state index in [9.17, 15) is 0 Å². The first kappa shape index (κ1) is 10.3. The van der Waals surface area contributed by atoms with Gasteiger partial charge in [-0.25, -0.2) is 0 Å². The summed E-state index contributed by atoms with van der Waals surface area (Å²) in [6, 6.07) is 8.52. The maximum Gasteiger partial charge on any atom is 0.147 e. The normalized spacial score (nSPS) is 16.7. The van der Waals surface area contributed by atoms with Crippen LogP contribution >= 0.6 is 27.0 Å². The standard InChI is InChI=1S/C9H12BrClSi/c1-7-3-5-8(6-4-7)9(2,10)12-11/h3-6H,12H2,1-2H3. The van der Waals surface area contributed by atoms with Gasteiger partial charge in [0.15, 0.2) is 0 Å². The van der Waals surface area contributed by atoms with E-state index in [2.05, 4.69) is 54.0 Å². The van der Waals surface area contributed by atoms with Gasteiger partial charge in [-0.3, -0.25) is 0 Å². The highest BCUT2D eigenvalue weighted by atomic mass is 79.9. The zero-order valence-corrected chi connectivity index (χ0v) is 11.0. The van der Waals surface area contributed by atoms with Crippen LogP contribution in [-0.2, 0) is 3.95 Å². The van der Waals surface area contributed by atoms with Gasteiger partial charge in [-0.15, -0.1) is 0 Å². The Morgan fingerprint density at radius 1 is 1.33 bits per heavy atom. The predicted molar refractivity (Wildman–Crippen MR) is 61.9 cm³/mol. The highest BCUT2D eigenvalue weighted by Gasteiger charge is 2.21. The van der Waals surface area contributed by atoms with Crippen LogP contribution in [0.1, 0.15) is 18.1 Å². The second-order valence-corrected chi connectivity index (χ2v) is 8.47. The van der Waals surface area contributed by atoms with Crippen LogP contribution in [0.5, 0.6) is 0 Å². The molecule has 0 bridgehead atoms. The number of alkyl halides is 1. The van der Waals surface area contributed by atoms with Crippen molar-refractivity contribution in [3.05, 3.63) is 35.4 Å². The second kappa shape index (κ2) is 3.94. The Morgan fingerprint density at radius 2 is 1.83 bits per heavy atom. The zero-order chi connectivity index (χ0) is 9.19. The molecule has 0 N–H and O–H groups in total. The van der Waals surface area contributed by atoms with Crippen LogP contribution in [0.15, 0.2) is 24.3 Å². The van der Waals surface area contributed by atoms with E-state index in [-0.39, 0.29) is 3.95 Å². The Labute approximate surface area is 89.0 Å². The molecule has 0 aliphatic carbocycles. The summed E-state index contributed by atoms with van der Waals surface area (Å²) in [7, 11) is -0.580. The molecule has 0 saturated heterocycles. The average Bonchev–Trinajstić information content (AvgIpc) is 2.05. The molecule has 12 heavy (non-hydrogen) atoms. The molecule has 0 heterocycles. The second-order valence-electron chi connectivity index (χ2n) is 3.20. The lowest BCUT2D eigenvalue weighted by molar-refractivity contribution is 1.01. The van der Waals surface area contributed by atoms with E-state index in [0.29, 0.717) is 0 Å². The Balaban J connectivity index is 2.96. The van der Waals surface area contributed by atoms with Gasteiger partial charge in [-0.2, -0.15) is 11.1 Å². The summed E-state index contributed by atoms with van der Waals surface area (Å²) in [6.07, 6.45) is 0. The van der Waals surface area contributed by atoms with Gasteiger partial charge in [0, 0.05) is 0 Å². The average molecular weight is 264 g/mol. The zero-order valence-electron chi connectivity index (χ0n) is 7.27. The monoisotopic (exact) mass is 262 g/mol. The summed E-state index contributed by atoms with van der Waals surface area (Å²) in [5.41, 5.74) is 2.58. The third-order valence-electron chi connectivity index (χ3n) is 1.90. The fourth-order valence-electron chi connectivity index (χ4n) is 0.978. The van der Waals surface area contributed by atoms with Crippen LogP contribution in [0.25, 0.3) is 0 Å². The first-order chi connectivity index (χ1) is 5.56. The maximum absolute atomic E-state index is 5.96. The van der Waals surface area contributed by atoms with Gasteiger partial charge in [-0.05, 0) is 19.4 Å². The quantitative estimate of drug-likeness (QED) is 0.437. The predicted octanol–water partition coefficient (Wildman–Crippen LogP) is 2.89. The molecule has 0 aromatic heterocycles. The minimum Gasteiger partial charge on any atom is -0.174 e. The molecule has 1 aromatic carbocycles. The summed E-state index contributed by atoms with van der Waals surface area (Å²) >= 11 is 9.60. The van der Waals surface area contributed by atoms with Gasteiger partial charge in [-0.1, -0.05) is 45.8 Å². The van der Waals surface area contributed by atoms with Gasteiger partial charge in [0.1, 0.15) is 8.83 Å². The highest BCUT2D eigenvalue weighted by molar-refractivity contribution is 9.10. The lowest BCUT2D eigenvalue weighted by atomic mass is 10.1. The van der Waals surface area contributed by atoms with Crippen molar-refractivity contribution < 1.29 is 0 Å². The fourth-order valence-corrected chi connectivity index (χ4v) is 2.10. The van der Waals surface area contributed by atoms with Crippen molar-refractivity contribution in [1.82, 2.24) is 0 Å². The van der Waals surface area contributed by atoms with Crippen LogP contribution in [0, 0.1) is 6.92 Å². The molecule has 0 radical (unpaired) electrons. The molecular formula is C9H12BrClSi. The van der Waals surface area contributed by atoms with E-state index in [4.69, 9.17) is 11.1 Å². The molecule has 0 spiro atoms. The summed E-state index contributed by atoms with van der Waals surface area (Å²) in [4.78, 5) is 0. The summed E-state index contributed by atoms with van der Waals surface area (Å²) in [6.45, 7) is 4.23. The van der Waals surface area contributed by atoms with E-state index in [1.807, 2.05) is 0 Å². The molecule has 1 unspecified atom stereocenters. The molecule has 0 nitrogen and oxygen atoms in total. The molecule has 0 aliphatic heterocycles. The van der Waals surface area contributed by atoms with Gasteiger partial charge in [0.2, 0.25) is 0 Å². The molecule has 0 fully saturated rings. The molecule has 1 aromatic rings. The molecule has 0 saturated carbocycles. The number of hydrogen-bond donors (Lipinski definition) is 0. The molecule has 0 amide bonds. The molecule has 1 atom stereocenters. The Hall–Kier alpha value is 0.207. The van der Waals surface area contributed by atoms with Gasteiger partial charge < -0.3 is 0 Å². The summed E-state index contributed by atoms with van der Waals surface area (Å²) in [5.74, 6) is 0. The highest BCUT2D eigenvalue weighted by Crippen LogP contribution is 2.30. The maximum atomic E-state index is 5.96. The molecule has 66 valence electrons. The molecule has 1 rings (SSSR count). The van der Waals surface area contributed by atoms with Crippen LogP contribution in [0.3, 0.4) is 0 Å². The molecule has 0 aliphatic rings. The lowest BCUT2D eigenvalue weighted by Gasteiger charge is -2.19. The van der Waals surface area contributed by atoms with E-state index in [1.165, 1.54) is 11.1 Å². The summed E-state index contributed by atoms with van der Waals surface area (Å²) < 4.78 is 0.0439. The van der Waals surface area contributed by atoms with E-state index in [0.717, 1.165) is 0 Å². The number of halogens is 2. The Kier molecular flexibility index (Phi) is 3.38. The van der Waals surface area contributed by atoms with Crippen LogP contribution < -0.4 is 0 Å². The lowest BCUT2D eigenvalue weighted by Crippen LogP contribution is -2.17. The number of rotatable bonds is 2. The third-order valence-corrected chi connectivity index (χ3v) is 6.69. The van der Waals surface area contributed by atoms with Crippen molar-refractivity contribution in [2.24, 2.45) is 0 Å². The van der Waals surface area contributed by atoms with E-state index < -0.39 is 8.83 Å². The van der Waals surface area contributed by atoms with Crippen LogP contribution in [0.4, 0.5) is 0 Å².